The molecule has 114 valence electrons. The third-order valence-electron chi connectivity index (χ3n) is 3.45. The van der Waals surface area contributed by atoms with E-state index >= 15 is 0 Å². The van der Waals surface area contributed by atoms with Gasteiger partial charge in [0.05, 0.1) is 0 Å². The average Bonchev–Trinajstić information content (AvgIpc) is 2.44. The van der Waals surface area contributed by atoms with Crippen LogP contribution in [0.1, 0.15) is 40.5 Å². The molecule has 0 aromatic carbocycles. The second kappa shape index (κ2) is 12.4. The summed E-state index contributed by atoms with van der Waals surface area (Å²) in [6.45, 7) is 12.9. The molecule has 2 radical (unpaired) electrons. The van der Waals surface area contributed by atoms with Crippen molar-refractivity contribution in [3.63, 3.8) is 0 Å². The second-order valence-corrected chi connectivity index (χ2v) is 6.91. The van der Waals surface area contributed by atoms with E-state index in [0.717, 1.165) is 39.0 Å². The monoisotopic (exact) mass is 380 g/mol. The summed E-state index contributed by atoms with van der Waals surface area (Å²) in [6, 6.07) is 0. The molecule has 0 amide bonds. The molecule has 0 aliphatic heterocycles. The summed E-state index contributed by atoms with van der Waals surface area (Å²) in [6.07, 6.45) is 2.83. The minimum absolute atomic E-state index is 0.345. The van der Waals surface area contributed by atoms with Gasteiger partial charge in [-0.1, -0.05) is 0 Å². The van der Waals surface area contributed by atoms with Crippen molar-refractivity contribution in [1.29, 1.82) is 0 Å². The predicted molar refractivity (Wildman–Crippen MR) is 82.4 cm³/mol. The van der Waals surface area contributed by atoms with E-state index in [1.54, 1.807) is 0 Å². The van der Waals surface area contributed by atoms with Crippen LogP contribution in [-0.4, -0.2) is 84.3 Å². The van der Waals surface area contributed by atoms with Gasteiger partial charge >= 0.3 is 131 Å². The molecule has 0 saturated carbocycles. The Hall–Kier alpha value is 0.639. The molecule has 0 fully saturated rings. The summed E-state index contributed by atoms with van der Waals surface area (Å²) in [5, 5.41) is 0. The zero-order chi connectivity index (χ0) is 14.7. The normalized spacial score (nSPS) is 15.2. The van der Waals surface area contributed by atoms with Crippen molar-refractivity contribution < 1.29 is 6.15 Å². The Morgan fingerprint density at radius 2 is 1.16 bits per heavy atom. The molecule has 4 nitrogen and oxygen atoms in total. The van der Waals surface area contributed by atoms with Gasteiger partial charge in [-0.05, 0) is 0 Å². The van der Waals surface area contributed by atoms with Crippen LogP contribution in [0.15, 0.2) is 0 Å². The van der Waals surface area contributed by atoms with E-state index in [1.165, 1.54) is 0 Å². The molecular formula is C14H32N2O2Sn. The molecular weight excluding hydrogens is 347 g/mol. The minimum atomic E-state index is -1.14. The zero-order valence-electron chi connectivity index (χ0n) is 13.6. The second-order valence-electron chi connectivity index (χ2n) is 5.09. The van der Waals surface area contributed by atoms with Crippen LogP contribution >= 0.6 is 0 Å². The molecule has 0 rings (SSSR count). The van der Waals surface area contributed by atoms with Crippen LogP contribution in [0.5, 0.6) is 0 Å². The van der Waals surface area contributed by atoms with Crippen LogP contribution in [0.3, 0.4) is 0 Å². The van der Waals surface area contributed by atoms with Crippen molar-refractivity contribution in [3.05, 3.63) is 0 Å². The first-order chi connectivity index (χ1) is 9.07. The van der Waals surface area contributed by atoms with Crippen molar-refractivity contribution in [2.75, 3.05) is 40.3 Å². The molecule has 0 aliphatic rings. The third kappa shape index (κ3) is 10.1. The molecule has 0 heterocycles. The first-order valence-corrected chi connectivity index (χ1v) is 9.83. The fourth-order valence-electron chi connectivity index (χ4n) is 1.62. The van der Waals surface area contributed by atoms with E-state index in [9.17, 15) is 0 Å². The number of hydrogen-bond donors (Lipinski definition) is 0. The molecule has 0 aliphatic carbocycles. The van der Waals surface area contributed by atoms with Crippen LogP contribution in [0.2, 0.25) is 0 Å². The van der Waals surface area contributed by atoms with Gasteiger partial charge in [-0.3, -0.25) is 0 Å². The van der Waals surface area contributed by atoms with Crippen LogP contribution < -0.4 is 0 Å². The van der Waals surface area contributed by atoms with Gasteiger partial charge in [0.1, 0.15) is 0 Å². The van der Waals surface area contributed by atoms with Gasteiger partial charge in [0.25, 0.3) is 0 Å². The van der Waals surface area contributed by atoms with Gasteiger partial charge < -0.3 is 0 Å². The summed E-state index contributed by atoms with van der Waals surface area (Å²) in [7, 11) is 4.28. The van der Waals surface area contributed by atoms with E-state index in [4.69, 9.17) is 6.15 Å². The molecule has 0 bridgehead atoms. The molecule has 0 spiro atoms. The fraction of sp³-hybridized carbons (Fsp3) is 1.00. The summed E-state index contributed by atoms with van der Waals surface area (Å²) in [4.78, 5) is 4.60. The van der Waals surface area contributed by atoms with Gasteiger partial charge in [0.2, 0.25) is 0 Å². The zero-order valence-corrected chi connectivity index (χ0v) is 16.5. The van der Waals surface area contributed by atoms with Gasteiger partial charge in [-0.25, -0.2) is 0 Å². The average molecular weight is 379 g/mol. The Balaban J connectivity index is 3.89. The van der Waals surface area contributed by atoms with Crippen LogP contribution in [0.4, 0.5) is 0 Å². The first-order valence-electron chi connectivity index (χ1n) is 7.50. The topological polar surface area (TPSA) is 24.9 Å². The molecule has 5 heteroatoms. The van der Waals surface area contributed by atoms with E-state index < -0.39 is 22.0 Å². The van der Waals surface area contributed by atoms with Gasteiger partial charge in [-0.15, -0.1) is 0 Å². The quantitative estimate of drug-likeness (QED) is 0.485. The first kappa shape index (κ1) is 19.6. The molecule has 0 N–H and O–H groups in total. The molecule has 0 aromatic heterocycles. The Labute approximate surface area is 131 Å². The summed E-state index contributed by atoms with van der Waals surface area (Å²) >= 11 is -1.14. The Bertz CT molecular complexity index is 188. The Kier molecular flexibility index (Phi) is 12.8. The molecule has 2 atom stereocenters. The van der Waals surface area contributed by atoms with Crippen molar-refractivity contribution in [2.24, 2.45) is 0 Å². The summed E-state index contributed by atoms with van der Waals surface area (Å²) in [5.41, 5.74) is 0. The standard InChI is InChI=1S/2C7H16NO.Sn/c2*1-4-7(9)6-8(3)5-2;/h2*7H,4-6H2,1-3H3;/q2*-1;+2. The Morgan fingerprint density at radius 1 is 0.789 bits per heavy atom. The van der Waals surface area contributed by atoms with Crippen molar-refractivity contribution in [3.8, 4) is 0 Å². The molecule has 0 aromatic rings. The fourth-order valence-corrected chi connectivity index (χ4v) is 3.93. The van der Waals surface area contributed by atoms with Crippen LogP contribution in [0, 0.1) is 0 Å². The molecule has 2 unspecified atom stereocenters. The number of likely N-dealkylation sites (N-methyl/N-ethyl adjacent to an activating group) is 2. The van der Waals surface area contributed by atoms with Crippen LogP contribution in [0.25, 0.3) is 0 Å². The van der Waals surface area contributed by atoms with Gasteiger partial charge in [-0.2, -0.15) is 0 Å². The maximum absolute atomic E-state index is 6.00. The van der Waals surface area contributed by atoms with Gasteiger partial charge in [0.15, 0.2) is 0 Å². The summed E-state index contributed by atoms with van der Waals surface area (Å²) in [5.74, 6) is 0. The number of nitrogens with zero attached hydrogens (tertiary/aromatic N) is 2. The SMILES string of the molecule is CCC(CN(C)CC)[O][Sn][O]C(CC)CN(C)CC. The van der Waals surface area contributed by atoms with E-state index in [0.29, 0.717) is 12.2 Å². The maximum atomic E-state index is 6.00. The Morgan fingerprint density at radius 3 is 1.42 bits per heavy atom. The van der Waals surface area contributed by atoms with E-state index in [-0.39, 0.29) is 0 Å². The summed E-state index contributed by atoms with van der Waals surface area (Å²) < 4.78 is 12.0. The van der Waals surface area contributed by atoms with Gasteiger partial charge in [0, 0.05) is 0 Å². The molecule has 19 heavy (non-hydrogen) atoms. The van der Waals surface area contributed by atoms with Crippen molar-refractivity contribution in [1.82, 2.24) is 9.80 Å². The number of rotatable bonds is 12. The van der Waals surface area contributed by atoms with Crippen molar-refractivity contribution >= 4 is 22.0 Å². The van der Waals surface area contributed by atoms with E-state index in [2.05, 4.69) is 51.6 Å². The predicted octanol–water partition coefficient (Wildman–Crippen LogP) is 2.01. The van der Waals surface area contributed by atoms with E-state index in [1.807, 2.05) is 0 Å². The third-order valence-corrected chi connectivity index (χ3v) is 5.90. The molecule has 0 saturated heterocycles. The number of hydrogen-bond acceptors (Lipinski definition) is 4. The van der Waals surface area contributed by atoms with Crippen LogP contribution in [-0.2, 0) is 6.15 Å². The van der Waals surface area contributed by atoms with Crippen molar-refractivity contribution in [2.45, 2.75) is 52.7 Å².